The van der Waals surface area contributed by atoms with Crippen LogP contribution in [0.4, 0.5) is 0 Å². The molecule has 0 radical (unpaired) electrons. The molecule has 0 aliphatic carbocycles. The molecule has 0 saturated carbocycles. The number of halogens is 1. The van der Waals surface area contributed by atoms with Crippen LogP contribution < -0.4 is 5.56 Å². The molecule has 32 heavy (non-hydrogen) atoms. The Morgan fingerprint density at radius 1 is 1.00 bits per heavy atom. The van der Waals surface area contributed by atoms with Crippen LogP contribution in [0, 0.1) is 0 Å². The molecule has 0 atom stereocenters. The van der Waals surface area contributed by atoms with E-state index in [1.165, 1.54) is 11.7 Å². The molecule has 8 heteroatoms. The zero-order valence-electron chi connectivity index (χ0n) is 16.9. The van der Waals surface area contributed by atoms with Gasteiger partial charge in [-0.15, -0.1) is 0 Å². The Morgan fingerprint density at radius 2 is 1.78 bits per heavy atom. The van der Waals surface area contributed by atoms with Gasteiger partial charge in [-0.1, -0.05) is 52.3 Å². The number of hydrogen-bond acceptors (Lipinski definition) is 6. The lowest BCUT2D eigenvalue weighted by atomic mass is 9.96. The molecule has 0 saturated heterocycles. The Balaban J connectivity index is 1.85. The third-order valence-corrected chi connectivity index (χ3v) is 6.38. The number of methoxy groups -OCH3 is 1. The van der Waals surface area contributed by atoms with Crippen LogP contribution >= 0.6 is 27.7 Å². The maximum Gasteiger partial charge on any atom is 0.355 e. The van der Waals surface area contributed by atoms with Gasteiger partial charge in [0.15, 0.2) is 0 Å². The van der Waals surface area contributed by atoms with Crippen LogP contribution in [0.15, 0.2) is 76.0 Å². The number of benzene rings is 3. The number of rotatable bonds is 4. The van der Waals surface area contributed by atoms with E-state index in [9.17, 15) is 9.59 Å². The lowest BCUT2D eigenvalue weighted by Gasteiger charge is -2.19. The molecule has 0 aliphatic rings. The predicted octanol–water partition coefficient (Wildman–Crippen LogP) is 5.27. The summed E-state index contributed by atoms with van der Waals surface area (Å²) in [5, 5.41) is 1.21. The number of carbonyl (C=O) groups excluding carboxylic acids is 1. The summed E-state index contributed by atoms with van der Waals surface area (Å²) >= 11 is 4.64. The van der Waals surface area contributed by atoms with Gasteiger partial charge in [-0.3, -0.25) is 9.36 Å². The number of nitrogens with zero attached hydrogens (tertiary/aromatic N) is 3. The zero-order valence-corrected chi connectivity index (χ0v) is 19.3. The predicted molar refractivity (Wildman–Crippen MR) is 129 cm³/mol. The number of ether oxygens (including phenoxy) is 1. The summed E-state index contributed by atoms with van der Waals surface area (Å²) in [6.45, 7) is 0.197. The van der Waals surface area contributed by atoms with Crippen LogP contribution in [0.5, 0.6) is 0 Å². The molecule has 2 aromatic heterocycles. The average molecular weight is 506 g/mol. The minimum absolute atomic E-state index is 0.197. The van der Waals surface area contributed by atoms with E-state index < -0.39 is 5.97 Å². The van der Waals surface area contributed by atoms with Gasteiger partial charge >= 0.3 is 5.97 Å². The van der Waals surface area contributed by atoms with Gasteiger partial charge in [-0.25, -0.2) is 4.79 Å². The SMILES string of the molecule is COC(=O)c1c(-c2ccccc2)c2cc(Br)ccc2c(=O)n1Cc1ccc2nsnc2c1. The van der Waals surface area contributed by atoms with Crippen molar-refractivity contribution in [2.75, 3.05) is 7.11 Å². The molecule has 5 rings (SSSR count). The van der Waals surface area contributed by atoms with Crippen LogP contribution in [0.3, 0.4) is 0 Å². The highest BCUT2D eigenvalue weighted by Crippen LogP contribution is 2.33. The highest BCUT2D eigenvalue weighted by Gasteiger charge is 2.24. The van der Waals surface area contributed by atoms with Crippen LogP contribution in [-0.2, 0) is 11.3 Å². The normalized spacial score (nSPS) is 11.2. The maximum absolute atomic E-state index is 13.6. The molecular formula is C24H16BrN3O3S. The van der Waals surface area contributed by atoms with E-state index in [2.05, 4.69) is 24.7 Å². The number of pyridine rings is 1. The number of fused-ring (bicyclic) bond motifs is 2. The fraction of sp³-hybridized carbons (Fsp3) is 0.0833. The molecule has 0 unspecified atom stereocenters. The van der Waals surface area contributed by atoms with Crippen molar-refractivity contribution in [3.8, 4) is 11.1 Å². The van der Waals surface area contributed by atoms with Crippen molar-refractivity contribution in [1.82, 2.24) is 13.3 Å². The first-order valence-corrected chi connectivity index (χ1v) is 11.3. The molecule has 5 aromatic rings. The van der Waals surface area contributed by atoms with Gasteiger partial charge in [0, 0.05) is 15.4 Å². The molecule has 0 bridgehead atoms. The van der Waals surface area contributed by atoms with E-state index in [0.717, 1.165) is 38.4 Å². The van der Waals surface area contributed by atoms with Gasteiger partial charge in [0.25, 0.3) is 5.56 Å². The minimum Gasteiger partial charge on any atom is -0.464 e. The standard InChI is InChI=1S/C24H16BrN3O3S/c1-31-24(30)22-21(15-5-3-2-4-6-15)18-12-16(25)8-9-17(18)23(29)28(22)13-14-7-10-19-20(11-14)27-32-26-19/h2-12H,13H2,1H3. The Kier molecular flexibility index (Phi) is 5.32. The molecule has 0 spiro atoms. The summed E-state index contributed by atoms with van der Waals surface area (Å²) in [7, 11) is 1.32. The fourth-order valence-corrected chi connectivity index (χ4v) is 4.76. The Morgan fingerprint density at radius 3 is 2.56 bits per heavy atom. The highest BCUT2D eigenvalue weighted by molar-refractivity contribution is 9.10. The second-order valence-corrected chi connectivity index (χ2v) is 8.69. The van der Waals surface area contributed by atoms with Crippen LogP contribution in [0.2, 0.25) is 0 Å². The van der Waals surface area contributed by atoms with E-state index in [0.29, 0.717) is 16.3 Å². The summed E-state index contributed by atoms with van der Waals surface area (Å²) in [5.41, 5.74) is 3.83. The molecule has 0 N–H and O–H groups in total. The van der Waals surface area contributed by atoms with Gasteiger partial charge in [0.05, 0.1) is 25.4 Å². The van der Waals surface area contributed by atoms with Gasteiger partial charge in [0.1, 0.15) is 16.7 Å². The number of carbonyl (C=O) groups is 1. The topological polar surface area (TPSA) is 74.1 Å². The van der Waals surface area contributed by atoms with Crippen molar-refractivity contribution in [2.24, 2.45) is 0 Å². The van der Waals surface area contributed by atoms with Crippen molar-refractivity contribution in [3.63, 3.8) is 0 Å². The van der Waals surface area contributed by atoms with Crippen LogP contribution in [0.1, 0.15) is 16.1 Å². The molecule has 2 heterocycles. The first kappa shape index (κ1) is 20.5. The quantitative estimate of drug-likeness (QED) is 0.311. The summed E-state index contributed by atoms with van der Waals surface area (Å²) in [4.78, 5) is 26.7. The third kappa shape index (κ3) is 3.51. The summed E-state index contributed by atoms with van der Waals surface area (Å²) in [6, 6.07) is 20.7. The van der Waals surface area contributed by atoms with Crippen molar-refractivity contribution in [1.29, 1.82) is 0 Å². The monoisotopic (exact) mass is 505 g/mol. The second kappa shape index (κ2) is 8.29. The summed E-state index contributed by atoms with van der Waals surface area (Å²) in [5.74, 6) is -0.570. The van der Waals surface area contributed by atoms with Gasteiger partial charge in [-0.05, 0) is 46.8 Å². The number of aromatic nitrogens is 3. The fourth-order valence-electron chi connectivity index (χ4n) is 3.88. The maximum atomic E-state index is 13.6. The molecular weight excluding hydrogens is 490 g/mol. The Labute approximate surface area is 195 Å². The van der Waals surface area contributed by atoms with Gasteiger partial charge < -0.3 is 4.74 Å². The lowest BCUT2D eigenvalue weighted by molar-refractivity contribution is 0.0588. The Hall–Kier alpha value is -3.36. The van der Waals surface area contributed by atoms with E-state index in [4.69, 9.17) is 4.74 Å². The van der Waals surface area contributed by atoms with Crippen molar-refractivity contribution in [2.45, 2.75) is 6.54 Å². The number of esters is 1. The minimum atomic E-state index is -0.570. The van der Waals surface area contributed by atoms with E-state index >= 15 is 0 Å². The first-order valence-electron chi connectivity index (χ1n) is 9.78. The molecule has 0 amide bonds. The smallest absolute Gasteiger partial charge is 0.355 e. The number of hydrogen-bond donors (Lipinski definition) is 0. The molecule has 6 nitrogen and oxygen atoms in total. The molecule has 0 fully saturated rings. The molecule has 0 aliphatic heterocycles. The van der Waals surface area contributed by atoms with Crippen LogP contribution in [0.25, 0.3) is 32.9 Å². The highest BCUT2D eigenvalue weighted by atomic mass is 79.9. The van der Waals surface area contributed by atoms with Gasteiger partial charge in [0.2, 0.25) is 0 Å². The van der Waals surface area contributed by atoms with E-state index in [-0.39, 0.29) is 17.8 Å². The summed E-state index contributed by atoms with van der Waals surface area (Å²) in [6.07, 6.45) is 0. The van der Waals surface area contributed by atoms with Crippen LogP contribution in [-0.4, -0.2) is 26.4 Å². The first-order chi connectivity index (χ1) is 15.6. The third-order valence-electron chi connectivity index (χ3n) is 5.33. The average Bonchev–Trinajstić information content (AvgIpc) is 3.28. The zero-order chi connectivity index (χ0) is 22.2. The Bertz CT molecular complexity index is 1540. The van der Waals surface area contributed by atoms with Crippen molar-refractivity contribution < 1.29 is 9.53 Å². The summed E-state index contributed by atoms with van der Waals surface area (Å²) < 4.78 is 16.0. The lowest BCUT2D eigenvalue weighted by Crippen LogP contribution is -2.28. The molecule has 158 valence electrons. The van der Waals surface area contributed by atoms with Crippen molar-refractivity contribution in [3.05, 3.63) is 92.8 Å². The van der Waals surface area contributed by atoms with E-state index in [1.54, 1.807) is 6.07 Å². The second-order valence-electron chi connectivity index (χ2n) is 7.25. The van der Waals surface area contributed by atoms with Crippen molar-refractivity contribution >= 4 is 55.4 Å². The molecule has 3 aromatic carbocycles. The van der Waals surface area contributed by atoms with E-state index in [1.807, 2.05) is 60.7 Å². The van der Waals surface area contributed by atoms with Gasteiger partial charge in [-0.2, -0.15) is 8.75 Å². The largest absolute Gasteiger partial charge is 0.464 e.